The quantitative estimate of drug-likeness (QED) is 0.252. The second-order valence-corrected chi connectivity index (χ2v) is 7.03. The number of ketones is 1. The Kier molecular flexibility index (Phi) is 8.33. The number of hydrogen-bond donors (Lipinski definition) is 5. The molecule has 0 unspecified atom stereocenters. The summed E-state index contributed by atoms with van der Waals surface area (Å²) >= 11 is 0. The first-order chi connectivity index (χ1) is 12.8. The summed E-state index contributed by atoms with van der Waals surface area (Å²) in [6.45, 7) is -0.353. The average Bonchev–Trinajstić information content (AvgIpc) is 2.96. The van der Waals surface area contributed by atoms with E-state index in [2.05, 4.69) is 0 Å². The van der Waals surface area contributed by atoms with E-state index in [1.54, 1.807) is 6.08 Å². The smallest absolute Gasteiger partial charge is 0.303 e. The third-order valence-electron chi connectivity index (χ3n) is 5.15. The van der Waals surface area contributed by atoms with Gasteiger partial charge in [-0.2, -0.15) is 0 Å². The van der Waals surface area contributed by atoms with Crippen molar-refractivity contribution in [2.24, 2.45) is 11.8 Å². The van der Waals surface area contributed by atoms with Crippen molar-refractivity contribution in [3.05, 3.63) is 12.2 Å². The minimum absolute atomic E-state index is 0.00443. The molecule has 5 N–H and O–H groups in total. The van der Waals surface area contributed by atoms with Crippen LogP contribution in [0.3, 0.4) is 0 Å². The maximum atomic E-state index is 11.9. The molecule has 1 aliphatic heterocycles. The highest BCUT2D eigenvalue weighted by Gasteiger charge is 2.43. The summed E-state index contributed by atoms with van der Waals surface area (Å²) < 4.78 is 10.6. The van der Waals surface area contributed by atoms with E-state index in [1.165, 1.54) is 0 Å². The van der Waals surface area contributed by atoms with Crippen molar-refractivity contribution in [3.63, 3.8) is 0 Å². The molecule has 7 atom stereocenters. The molecule has 2 rings (SSSR count). The Morgan fingerprint density at radius 3 is 2.59 bits per heavy atom. The fourth-order valence-corrected chi connectivity index (χ4v) is 3.59. The van der Waals surface area contributed by atoms with Crippen LogP contribution >= 0.6 is 0 Å². The Morgan fingerprint density at radius 1 is 1.19 bits per heavy atom. The van der Waals surface area contributed by atoms with Crippen LogP contribution in [0.5, 0.6) is 0 Å². The van der Waals surface area contributed by atoms with Gasteiger partial charge in [-0.25, -0.2) is 0 Å². The summed E-state index contributed by atoms with van der Waals surface area (Å²) in [4.78, 5) is 22.7. The number of hydrogen-bond acceptors (Lipinski definition) is 8. The summed E-state index contributed by atoms with van der Waals surface area (Å²) in [5.41, 5.74) is 0. The van der Waals surface area contributed by atoms with Crippen molar-refractivity contribution in [1.82, 2.24) is 0 Å². The van der Waals surface area contributed by atoms with Gasteiger partial charge in [-0.15, -0.1) is 0 Å². The molecule has 1 saturated carbocycles. The van der Waals surface area contributed by atoms with Crippen molar-refractivity contribution in [2.75, 3.05) is 13.2 Å². The number of aliphatic hydroxyl groups excluding tert-OH is 4. The monoisotopic (exact) mass is 388 g/mol. The molecule has 0 aromatic heterocycles. The molecule has 2 aliphatic rings. The van der Waals surface area contributed by atoms with Crippen LogP contribution in [-0.2, 0) is 19.1 Å². The normalized spacial score (nSPS) is 37.2. The average molecular weight is 388 g/mol. The maximum Gasteiger partial charge on any atom is 0.303 e. The minimum Gasteiger partial charge on any atom is -0.481 e. The lowest BCUT2D eigenvalue weighted by Crippen LogP contribution is -2.59. The van der Waals surface area contributed by atoms with E-state index < -0.39 is 43.3 Å². The first-order valence-electron chi connectivity index (χ1n) is 9.16. The first-order valence-corrected chi connectivity index (χ1v) is 9.16. The predicted molar refractivity (Wildman–Crippen MR) is 91.6 cm³/mol. The van der Waals surface area contributed by atoms with Crippen molar-refractivity contribution < 1.29 is 44.6 Å². The minimum atomic E-state index is -1.48. The molecule has 1 saturated heterocycles. The highest BCUT2D eigenvalue weighted by atomic mass is 16.7. The molecule has 0 spiro atoms. The summed E-state index contributed by atoms with van der Waals surface area (Å²) in [6.07, 6.45) is -0.898. The second kappa shape index (κ2) is 10.3. The number of Topliss-reactive ketones (excluding diaryl/α,β-unsaturated/α-hetero) is 1. The first kappa shape index (κ1) is 21.9. The van der Waals surface area contributed by atoms with Gasteiger partial charge >= 0.3 is 5.97 Å². The van der Waals surface area contributed by atoms with E-state index in [9.17, 15) is 24.9 Å². The molecule has 27 heavy (non-hydrogen) atoms. The van der Waals surface area contributed by atoms with Crippen molar-refractivity contribution >= 4 is 11.8 Å². The largest absolute Gasteiger partial charge is 0.481 e. The zero-order valence-corrected chi connectivity index (χ0v) is 15.0. The van der Waals surface area contributed by atoms with Gasteiger partial charge in [0.15, 0.2) is 6.29 Å². The molecule has 0 radical (unpaired) electrons. The van der Waals surface area contributed by atoms with Gasteiger partial charge in [-0.1, -0.05) is 12.2 Å². The number of allylic oxidation sites excluding steroid dienone is 1. The van der Waals surface area contributed by atoms with Gasteiger partial charge in [-0.3, -0.25) is 9.59 Å². The van der Waals surface area contributed by atoms with Gasteiger partial charge in [0.1, 0.15) is 30.2 Å². The van der Waals surface area contributed by atoms with Gasteiger partial charge in [0.25, 0.3) is 0 Å². The molecule has 154 valence electrons. The third kappa shape index (κ3) is 5.81. The molecule has 0 bridgehead atoms. The van der Waals surface area contributed by atoms with Crippen LogP contribution in [0, 0.1) is 11.8 Å². The number of ether oxygens (including phenoxy) is 2. The molecule has 2 fully saturated rings. The molecule has 0 aromatic carbocycles. The molecular formula is C18H28O9. The lowest BCUT2D eigenvalue weighted by molar-refractivity contribution is -0.300. The third-order valence-corrected chi connectivity index (χ3v) is 5.15. The van der Waals surface area contributed by atoms with Crippen molar-refractivity contribution in [1.29, 1.82) is 0 Å². The standard InChI is InChI=1S/C18H28O9/c19-9-13-15(23)16(24)17(25)18(27-13)26-7-3-1-2-4-11-10(8-14(21)22)5-6-12(11)20/h1-2,10-11,13,15-19,23-25H,3-9H2,(H,21,22)/b2-1-/t10-,11-,13-,15-,16+,17+,18-/m1/s1. The number of rotatable bonds is 9. The number of aliphatic hydroxyl groups is 4. The number of carboxylic acids is 1. The van der Waals surface area contributed by atoms with Gasteiger partial charge in [0.05, 0.1) is 13.2 Å². The van der Waals surface area contributed by atoms with Crippen LogP contribution in [0.2, 0.25) is 0 Å². The summed E-state index contributed by atoms with van der Waals surface area (Å²) in [7, 11) is 0. The van der Waals surface area contributed by atoms with E-state index in [-0.39, 0.29) is 30.6 Å². The summed E-state index contributed by atoms with van der Waals surface area (Å²) in [5.74, 6) is -1.17. The van der Waals surface area contributed by atoms with E-state index in [0.29, 0.717) is 25.7 Å². The zero-order valence-electron chi connectivity index (χ0n) is 15.0. The number of carbonyl (C=O) groups excluding carboxylic acids is 1. The molecule has 9 heteroatoms. The van der Waals surface area contributed by atoms with Gasteiger partial charge < -0.3 is 35.0 Å². The fraction of sp³-hybridized carbons (Fsp3) is 0.778. The van der Waals surface area contributed by atoms with Crippen LogP contribution in [0.4, 0.5) is 0 Å². The van der Waals surface area contributed by atoms with Gasteiger partial charge in [0.2, 0.25) is 0 Å². The van der Waals surface area contributed by atoms with Crippen molar-refractivity contribution in [3.8, 4) is 0 Å². The maximum absolute atomic E-state index is 11.9. The Morgan fingerprint density at radius 2 is 1.93 bits per heavy atom. The topological polar surface area (TPSA) is 154 Å². The predicted octanol–water partition coefficient (Wildman–Crippen LogP) is -0.791. The van der Waals surface area contributed by atoms with Crippen LogP contribution in [-0.4, -0.2) is 81.2 Å². The van der Waals surface area contributed by atoms with E-state index in [1.807, 2.05) is 6.08 Å². The lowest BCUT2D eigenvalue weighted by Gasteiger charge is -2.39. The van der Waals surface area contributed by atoms with Crippen LogP contribution < -0.4 is 0 Å². The van der Waals surface area contributed by atoms with Crippen molar-refractivity contribution in [2.45, 2.75) is 62.8 Å². The summed E-state index contributed by atoms with van der Waals surface area (Å²) in [6, 6.07) is 0. The molecule has 9 nitrogen and oxygen atoms in total. The Labute approximate surface area is 157 Å². The Bertz CT molecular complexity index is 533. The molecule has 0 amide bonds. The number of aliphatic carboxylic acids is 1. The molecule has 0 aromatic rings. The number of carbonyl (C=O) groups is 2. The van der Waals surface area contributed by atoms with Gasteiger partial charge in [0, 0.05) is 18.8 Å². The Hall–Kier alpha value is -1.36. The second-order valence-electron chi connectivity index (χ2n) is 7.03. The van der Waals surface area contributed by atoms with Crippen LogP contribution in [0.15, 0.2) is 12.2 Å². The van der Waals surface area contributed by atoms with E-state index in [0.717, 1.165) is 0 Å². The number of carboxylic acid groups (broad SMARTS) is 1. The molecule has 1 aliphatic carbocycles. The Balaban J connectivity index is 1.73. The lowest BCUT2D eigenvalue weighted by atomic mass is 9.89. The molecular weight excluding hydrogens is 360 g/mol. The van der Waals surface area contributed by atoms with Crippen LogP contribution in [0.25, 0.3) is 0 Å². The molecule has 1 heterocycles. The summed E-state index contributed by atoms with van der Waals surface area (Å²) in [5, 5.41) is 47.3. The zero-order chi connectivity index (χ0) is 20.0. The highest BCUT2D eigenvalue weighted by Crippen LogP contribution is 2.34. The van der Waals surface area contributed by atoms with Gasteiger partial charge in [-0.05, 0) is 25.2 Å². The fourth-order valence-electron chi connectivity index (χ4n) is 3.59. The van der Waals surface area contributed by atoms with Crippen LogP contribution in [0.1, 0.15) is 32.1 Å². The van der Waals surface area contributed by atoms with E-state index >= 15 is 0 Å². The van der Waals surface area contributed by atoms with E-state index in [4.69, 9.17) is 19.7 Å². The SMILES string of the molecule is O=C(O)C[C@H]1CCC(=O)[C@@H]1C/C=C\CCO[C@@H]1O[C@H](CO)[C@@H](O)[C@H](O)[C@@H]1O. The highest BCUT2D eigenvalue weighted by molar-refractivity contribution is 5.84.